The van der Waals surface area contributed by atoms with Crippen molar-refractivity contribution in [3.8, 4) is 0 Å². The molecule has 0 aromatic carbocycles. The van der Waals surface area contributed by atoms with Crippen molar-refractivity contribution < 1.29 is 13.6 Å². The van der Waals surface area contributed by atoms with E-state index in [2.05, 4.69) is 10.3 Å². The van der Waals surface area contributed by atoms with Gasteiger partial charge in [-0.3, -0.25) is 4.79 Å². The van der Waals surface area contributed by atoms with Gasteiger partial charge in [0.25, 0.3) is 5.92 Å². The Kier molecular flexibility index (Phi) is 3.13. The molecular weight excluding hydrogens is 228 g/mol. The minimum absolute atomic E-state index is 0.0758. The first-order chi connectivity index (χ1) is 7.99. The van der Waals surface area contributed by atoms with Gasteiger partial charge in [0.1, 0.15) is 5.82 Å². The summed E-state index contributed by atoms with van der Waals surface area (Å²) >= 11 is 0. The SMILES string of the molecule is Cn1ccnc1CCNC(=O)C[C@H]1CC1(F)F. The van der Waals surface area contributed by atoms with Gasteiger partial charge in [-0.1, -0.05) is 0 Å². The highest BCUT2D eigenvalue weighted by molar-refractivity contribution is 5.76. The third kappa shape index (κ3) is 3.01. The van der Waals surface area contributed by atoms with Crippen molar-refractivity contribution in [2.45, 2.75) is 25.2 Å². The second-order valence-corrected chi connectivity index (χ2v) is 4.42. The van der Waals surface area contributed by atoms with Gasteiger partial charge in [0.2, 0.25) is 5.91 Å². The van der Waals surface area contributed by atoms with Crippen LogP contribution in [0.2, 0.25) is 0 Å². The molecule has 4 nitrogen and oxygen atoms in total. The molecule has 1 amide bonds. The van der Waals surface area contributed by atoms with Crippen molar-refractivity contribution in [3.05, 3.63) is 18.2 Å². The molecule has 1 aliphatic carbocycles. The number of alkyl halides is 2. The quantitative estimate of drug-likeness (QED) is 0.842. The lowest BCUT2D eigenvalue weighted by Gasteiger charge is -2.05. The number of imidazole rings is 1. The van der Waals surface area contributed by atoms with Gasteiger partial charge in [-0.25, -0.2) is 13.8 Å². The highest BCUT2D eigenvalue weighted by Gasteiger charge is 2.57. The van der Waals surface area contributed by atoms with Gasteiger partial charge in [-0.2, -0.15) is 0 Å². The number of halogens is 2. The van der Waals surface area contributed by atoms with E-state index in [4.69, 9.17) is 0 Å². The Bertz CT molecular complexity index is 417. The van der Waals surface area contributed by atoms with Crippen LogP contribution in [0.15, 0.2) is 12.4 Å². The first-order valence-corrected chi connectivity index (χ1v) is 5.60. The molecule has 1 atom stereocenters. The molecule has 2 rings (SSSR count). The first kappa shape index (κ1) is 12.0. The van der Waals surface area contributed by atoms with E-state index in [1.807, 2.05) is 17.8 Å². The number of aromatic nitrogens is 2. The first-order valence-electron chi connectivity index (χ1n) is 5.60. The Morgan fingerprint density at radius 2 is 2.41 bits per heavy atom. The molecule has 0 spiro atoms. The van der Waals surface area contributed by atoms with Crippen LogP contribution in [0.4, 0.5) is 8.78 Å². The average Bonchev–Trinajstić information content (AvgIpc) is 2.65. The Morgan fingerprint density at radius 3 is 2.94 bits per heavy atom. The molecule has 0 aliphatic heterocycles. The number of nitrogens with one attached hydrogen (secondary N) is 1. The van der Waals surface area contributed by atoms with Crippen LogP contribution in [0, 0.1) is 5.92 Å². The van der Waals surface area contributed by atoms with Crippen molar-refractivity contribution in [1.82, 2.24) is 14.9 Å². The second kappa shape index (κ2) is 4.43. The van der Waals surface area contributed by atoms with Crippen LogP contribution in [-0.2, 0) is 18.3 Å². The topological polar surface area (TPSA) is 46.9 Å². The van der Waals surface area contributed by atoms with Gasteiger partial charge in [0.15, 0.2) is 0 Å². The third-order valence-electron chi connectivity index (χ3n) is 2.98. The summed E-state index contributed by atoms with van der Waals surface area (Å²) < 4.78 is 27.0. The number of hydrogen-bond acceptors (Lipinski definition) is 2. The van der Waals surface area contributed by atoms with Crippen molar-refractivity contribution in [3.63, 3.8) is 0 Å². The van der Waals surface area contributed by atoms with Crippen LogP contribution in [0.5, 0.6) is 0 Å². The maximum absolute atomic E-state index is 12.6. The lowest BCUT2D eigenvalue weighted by Crippen LogP contribution is -2.27. The lowest BCUT2D eigenvalue weighted by molar-refractivity contribution is -0.122. The highest BCUT2D eigenvalue weighted by atomic mass is 19.3. The summed E-state index contributed by atoms with van der Waals surface area (Å²) in [5.74, 6) is -2.81. The predicted molar refractivity (Wildman–Crippen MR) is 57.6 cm³/mol. The van der Waals surface area contributed by atoms with E-state index in [1.54, 1.807) is 6.20 Å². The van der Waals surface area contributed by atoms with Gasteiger partial charge >= 0.3 is 0 Å². The maximum atomic E-state index is 12.6. The van der Waals surface area contributed by atoms with Crippen molar-refractivity contribution in [2.75, 3.05) is 6.54 Å². The molecule has 1 aliphatic rings. The van der Waals surface area contributed by atoms with Crippen LogP contribution in [0.25, 0.3) is 0 Å². The Balaban J connectivity index is 1.66. The molecule has 1 N–H and O–H groups in total. The average molecular weight is 243 g/mol. The molecule has 94 valence electrons. The number of aryl methyl sites for hydroxylation is 1. The van der Waals surface area contributed by atoms with E-state index in [0.717, 1.165) is 5.82 Å². The van der Waals surface area contributed by atoms with Crippen LogP contribution in [-0.4, -0.2) is 27.9 Å². The largest absolute Gasteiger partial charge is 0.356 e. The molecule has 0 saturated heterocycles. The van der Waals surface area contributed by atoms with Crippen molar-refractivity contribution in [1.29, 1.82) is 0 Å². The smallest absolute Gasteiger partial charge is 0.252 e. The molecule has 1 aromatic rings. The van der Waals surface area contributed by atoms with Crippen LogP contribution >= 0.6 is 0 Å². The van der Waals surface area contributed by atoms with E-state index >= 15 is 0 Å². The molecule has 1 fully saturated rings. The lowest BCUT2D eigenvalue weighted by atomic mass is 10.2. The summed E-state index contributed by atoms with van der Waals surface area (Å²) in [7, 11) is 1.87. The minimum atomic E-state index is -2.61. The fraction of sp³-hybridized carbons (Fsp3) is 0.636. The molecule has 0 unspecified atom stereocenters. The standard InChI is InChI=1S/C11H15F2N3O/c1-16-5-4-14-9(16)2-3-15-10(17)6-8-7-11(8,12)13/h4-5,8H,2-3,6-7H2,1H3,(H,15,17)/t8-/m0/s1. The minimum Gasteiger partial charge on any atom is -0.356 e. The van der Waals surface area contributed by atoms with Crippen LogP contribution in [0.3, 0.4) is 0 Å². The van der Waals surface area contributed by atoms with Gasteiger partial charge in [0, 0.05) is 51.2 Å². The fourth-order valence-electron chi connectivity index (χ4n) is 1.74. The maximum Gasteiger partial charge on any atom is 0.252 e. The summed E-state index contributed by atoms with van der Waals surface area (Å²) in [5, 5.41) is 2.63. The Hall–Kier alpha value is -1.46. The fourth-order valence-corrected chi connectivity index (χ4v) is 1.74. The zero-order chi connectivity index (χ0) is 12.5. The number of amides is 1. The predicted octanol–water partition coefficient (Wildman–Crippen LogP) is 1.12. The summed E-state index contributed by atoms with van der Waals surface area (Å²) in [6, 6.07) is 0. The summed E-state index contributed by atoms with van der Waals surface area (Å²) in [4.78, 5) is 15.4. The second-order valence-electron chi connectivity index (χ2n) is 4.42. The van der Waals surface area contributed by atoms with Crippen molar-refractivity contribution >= 4 is 5.91 Å². The number of nitrogens with zero attached hydrogens (tertiary/aromatic N) is 2. The number of rotatable bonds is 5. The monoisotopic (exact) mass is 243 g/mol. The van der Waals surface area contributed by atoms with Gasteiger partial charge < -0.3 is 9.88 Å². The van der Waals surface area contributed by atoms with Crippen LogP contribution in [0.1, 0.15) is 18.7 Å². The van der Waals surface area contributed by atoms with E-state index in [9.17, 15) is 13.6 Å². The van der Waals surface area contributed by atoms with Gasteiger partial charge in [0.05, 0.1) is 0 Å². The van der Waals surface area contributed by atoms with Gasteiger partial charge in [-0.05, 0) is 0 Å². The van der Waals surface area contributed by atoms with Gasteiger partial charge in [-0.15, -0.1) is 0 Å². The third-order valence-corrected chi connectivity index (χ3v) is 2.98. The Morgan fingerprint density at radius 1 is 1.71 bits per heavy atom. The summed E-state index contributed by atoms with van der Waals surface area (Å²) in [6.07, 6.45) is 3.88. The zero-order valence-corrected chi connectivity index (χ0v) is 9.62. The van der Waals surface area contributed by atoms with E-state index < -0.39 is 11.8 Å². The molecule has 17 heavy (non-hydrogen) atoms. The molecule has 1 saturated carbocycles. The van der Waals surface area contributed by atoms with E-state index in [0.29, 0.717) is 13.0 Å². The zero-order valence-electron chi connectivity index (χ0n) is 9.62. The number of carbonyl (C=O) groups excluding carboxylic acids is 1. The number of carbonyl (C=O) groups is 1. The number of hydrogen-bond donors (Lipinski definition) is 1. The summed E-state index contributed by atoms with van der Waals surface area (Å²) in [6.45, 7) is 0.433. The van der Waals surface area contributed by atoms with E-state index in [-0.39, 0.29) is 18.7 Å². The normalized spacial score (nSPS) is 21.2. The molecule has 6 heteroatoms. The molecular formula is C11H15F2N3O. The highest BCUT2D eigenvalue weighted by Crippen LogP contribution is 2.50. The Labute approximate surface area is 98.0 Å². The molecule has 0 bridgehead atoms. The molecule has 1 heterocycles. The van der Waals surface area contributed by atoms with Crippen LogP contribution < -0.4 is 5.32 Å². The van der Waals surface area contributed by atoms with E-state index in [1.165, 1.54) is 0 Å². The molecule has 0 radical (unpaired) electrons. The summed E-state index contributed by atoms with van der Waals surface area (Å²) in [5.41, 5.74) is 0. The van der Waals surface area contributed by atoms with Crippen molar-refractivity contribution in [2.24, 2.45) is 13.0 Å². The molecule has 1 aromatic heterocycles.